The smallest absolute Gasteiger partial charge is 0.242 e. The van der Waals surface area contributed by atoms with Crippen molar-refractivity contribution in [3.63, 3.8) is 0 Å². The molecule has 1 atom stereocenters. The lowest BCUT2D eigenvalue weighted by atomic mass is 9.96. The van der Waals surface area contributed by atoms with Crippen molar-refractivity contribution < 1.29 is 14.3 Å². The largest absolute Gasteiger partial charge is 0.549 e. The van der Waals surface area contributed by atoms with E-state index in [1.165, 1.54) is 0 Å². The Bertz CT molecular complexity index is 396. The maximum absolute atomic E-state index is 11.1. The van der Waals surface area contributed by atoms with Crippen molar-refractivity contribution in [3.8, 4) is 5.75 Å². The van der Waals surface area contributed by atoms with Crippen LogP contribution in [0.15, 0.2) is 24.3 Å². The first-order valence-corrected chi connectivity index (χ1v) is 9.24. The number of hydrogen-bond donors (Lipinski definition) is 0. The molecule has 0 saturated carbocycles. The SMILES string of the molecule is CCC(C(=O)[O-])c1ccccc1O[Si](C)(C)C. The lowest BCUT2D eigenvalue weighted by Crippen LogP contribution is -2.32. The summed E-state index contributed by atoms with van der Waals surface area (Å²) in [6, 6.07) is 7.33. The van der Waals surface area contributed by atoms with Crippen LogP contribution < -0.4 is 9.53 Å². The number of aliphatic carboxylic acids is 1. The molecule has 0 amide bonds. The highest BCUT2D eigenvalue weighted by Crippen LogP contribution is 2.30. The molecule has 0 aliphatic carbocycles. The zero-order valence-corrected chi connectivity index (χ0v) is 11.8. The summed E-state index contributed by atoms with van der Waals surface area (Å²) in [6.45, 7) is 8.06. The van der Waals surface area contributed by atoms with Crippen LogP contribution in [0.5, 0.6) is 5.75 Å². The van der Waals surface area contributed by atoms with E-state index in [0.717, 1.165) is 5.56 Å². The van der Waals surface area contributed by atoms with Crippen molar-refractivity contribution in [2.45, 2.75) is 38.9 Å². The fraction of sp³-hybridized carbons (Fsp3) is 0.462. The predicted octanol–water partition coefficient (Wildman–Crippen LogP) is 2.14. The number of benzene rings is 1. The van der Waals surface area contributed by atoms with Crippen molar-refractivity contribution in [2.24, 2.45) is 0 Å². The summed E-state index contributed by atoms with van der Waals surface area (Å²) < 4.78 is 5.91. The van der Waals surface area contributed by atoms with Gasteiger partial charge in [0.2, 0.25) is 8.32 Å². The molecule has 0 aliphatic heterocycles. The summed E-state index contributed by atoms with van der Waals surface area (Å²) in [5.41, 5.74) is 0.720. The lowest BCUT2D eigenvalue weighted by Gasteiger charge is -2.25. The Morgan fingerprint density at radius 1 is 1.35 bits per heavy atom. The van der Waals surface area contributed by atoms with Gasteiger partial charge in [0.15, 0.2) is 0 Å². The van der Waals surface area contributed by atoms with Crippen LogP contribution in [0.2, 0.25) is 19.6 Å². The Labute approximate surface area is 104 Å². The maximum atomic E-state index is 11.1. The van der Waals surface area contributed by atoms with E-state index in [9.17, 15) is 9.90 Å². The zero-order chi connectivity index (χ0) is 13.1. The van der Waals surface area contributed by atoms with Crippen LogP contribution >= 0.6 is 0 Å². The summed E-state index contributed by atoms with van der Waals surface area (Å²) in [5.74, 6) is -0.954. The van der Waals surface area contributed by atoms with Crippen LogP contribution in [-0.4, -0.2) is 14.3 Å². The second-order valence-corrected chi connectivity index (χ2v) is 9.46. The van der Waals surface area contributed by atoms with Gasteiger partial charge in [0.05, 0.1) is 0 Å². The zero-order valence-electron chi connectivity index (χ0n) is 10.8. The minimum absolute atomic E-state index is 0.508. The van der Waals surface area contributed by atoms with E-state index >= 15 is 0 Å². The van der Waals surface area contributed by atoms with Gasteiger partial charge in [-0.2, -0.15) is 0 Å². The van der Waals surface area contributed by atoms with Crippen molar-refractivity contribution in [1.82, 2.24) is 0 Å². The molecule has 0 bridgehead atoms. The second-order valence-electron chi connectivity index (χ2n) is 5.03. The van der Waals surface area contributed by atoms with E-state index in [1.54, 1.807) is 6.07 Å². The molecule has 1 unspecified atom stereocenters. The molecular formula is C13H19O3Si-. The topological polar surface area (TPSA) is 49.4 Å². The number of carboxylic acids is 1. The van der Waals surface area contributed by atoms with Crippen LogP contribution in [0.25, 0.3) is 0 Å². The monoisotopic (exact) mass is 251 g/mol. The minimum Gasteiger partial charge on any atom is -0.549 e. The molecule has 0 aromatic heterocycles. The van der Waals surface area contributed by atoms with Gasteiger partial charge in [-0.05, 0) is 32.1 Å². The van der Waals surface area contributed by atoms with E-state index in [0.29, 0.717) is 12.2 Å². The number of para-hydroxylation sites is 1. The van der Waals surface area contributed by atoms with Gasteiger partial charge in [0.1, 0.15) is 5.75 Å². The summed E-state index contributed by atoms with van der Waals surface area (Å²) >= 11 is 0. The molecular weight excluding hydrogens is 232 g/mol. The third-order valence-corrected chi connectivity index (χ3v) is 3.24. The first kappa shape index (κ1) is 13.8. The summed E-state index contributed by atoms with van der Waals surface area (Å²) in [6.07, 6.45) is 0.508. The van der Waals surface area contributed by atoms with E-state index < -0.39 is 20.2 Å². The standard InChI is InChI=1S/C13H20O3Si/c1-5-10(13(14)15)11-8-6-7-9-12(11)16-17(2,3)4/h6-10H,5H2,1-4H3,(H,14,15)/p-1. The predicted molar refractivity (Wildman–Crippen MR) is 68.5 cm³/mol. The first-order chi connectivity index (χ1) is 7.85. The lowest BCUT2D eigenvalue weighted by molar-refractivity contribution is -0.308. The molecule has 0 N–H and O–H groups in total. The number of rotatable bonds is 5. The van der Waals surface area contributed by atoms with Gasteiger partial charge in [-0.25, -0.2) is 0 Å². The van der Waals surface area contributed by atoms with E-state index in [4.69, 9.17) is 4.43 Å². The molecule has 1 aromatic rings. The second kappa shape index (κ2) is 5.36. The molecule has 1 rings (SSSR count). The number of carbonyl (C=O) groups is 1. The molecule has 17 heavy (non-hydrogen) atoms. The molecule has 1 aromatic carbocycles. The van der Waals surface area contributed by atoms with Gasteiger partial charge in [-0.1, -0.05) is 25.1 Å². The van der Waals surface area contributed by atoms with Gasteiger partial charge in [0, 0.05) is 17.5 Å². The molecule has 4 heteroatoms. The molecule has 0 fully saturated rings. The van der Waals surface area contributed by atoms with E-state index in [2.05, 4.69) is 19.6 Å². The van der Waals surface area contributed by atoms with Gasteiger partial charge in [-0.3, -0.25) is 0 Å². The third kappa shape index (κ3) is 3.89. The van der Waals surface area contributed by atoms with Gasteiger partial charge in [-0.15, -0.1) is 0 Å². The van der Waals surface area contributed by atoms with Crippen LogP contribution in [0.1, 0.15) is 24.8 Å². The van der Waals surface area contributed by atoms with Crippen LogP contribution in [0, 0.1) is 0 Å². The average molecular weight is 251 g/mol. The molecule has 0 saturated heterocycles. The van der Waals surface area contributed by atoms with Gasteiger partial charge < -0.3 is 14.3 Å². The quantitative estimate of drug-likeness (QED) is 0.753. The van der Waals surface area contributed by atoms with Crippen LogP contribution in [0.3, 0.4) is 0 Å². The molecule has 0 spiro atoms. The van der Waals surface area contributed by atoms with Crippen LogP contribution in [0.4, 0.5) is 0 Å². The molecule has 0 radical (unpaired) electrons. The number of carbonyl (C=O) groups excluding carboxylic acids is 1. The highest BCUT2D eigenvalue weighted by Gasteiger charge is 2.21. The Hall–Kier alpha value is -1.29. The van der Waals surface area contributed by atoms with Crippen molar-refractivity contribution in [2.75, 3.05) is 0 Å². The van der Waals surface area contributed by atoms with Crippen molar-refractivity contribution in [1.29, 1.82) is 0 Å². The van der Waals surface area contributed by atoms with Crippen molar-refractivity contribution in [3.05, 3.63) is 29.8 Å². The fourth-order valence-corrected chi connectivity index (χ4v) is 2.55. The maximum Gasteiger partial charge on any atom is 0.242 e. The number of hydrogen-bond acceptors (Lipinski definition) is 3. The molecule has 0 aliphatic rings. The van der Waals surface area contributed by atoms with Crippen LogP contribution in [-0.2, 0) is 4.79 Å². The molecule has 94 valence electrons. The molecule has 3 nitrogen and oxygen atoms in total. The summed E-state index contributed by atoms with van der Waals surface area (Å²) in [4.78, 5) is 11.1. The summed E-state index contributed by atoms with van der Waals surface area (Å²) in [7, 11) is -1.74. The fourth-order valence-electron chi connectivity index (χ4n) is 1.70. The Morgan fingerprint density at radius 3 is 2.41 bits per heavy atom. The Kier molecular flexibility index (Phi) is 4.34. The normalized spacial score (nSPS) is 13.2. The third-order valence-electron chi connectivity index (χ3n) is 2.40. The highest BCUT2D eigenvalue weighted by molar-refractivity contribution is 6.70. The Balaban J connectivity index is 3.11. The number of carboxylic acid groups (broad SMARTS) is 1. The van der Waals surface area contributed by atoms with Gasteiger partial charge in [0.25, 0.3) is 0 Å². The Morgan fingerprint density at radius 2 is 1.94 bits per heavy atom. The highest BCUT2D eigenvalue weighted by atomic mass is 28.4. The van der Waals surface area contributed by atoms with E-state index in [1.807, 2.05) is 25.1 Å². The first-order valence-electron chi connectivity index (χ1n) is 5.84. The molecule has 0 heterocycles. The van der Waals surface area contributed by atoms with E-state index in [-0.39, 0.29) is 0 Å². The summed E-state index contributed by atoms with van der Waals surface area (Å²) in [5, 5.41) is 11.1. The van der Waals surface area contributed by atoms with Crippen molar-refractivity contribution >= 4 is 14.3 Å². The van der Waals surface area contributed by atoms with Gasteiger partial charge >= 0.3 is 0 Å². The minimum atomic E-state index is -1.74. The average Bonchev–Trinajstić information content (AvgIpc) is 2.18.